The van der Waals surface area contributed by atoms with Gasteiger partial charge in [-0.05, 0) is 0 Å². The second-order valence-electron chi connectivity index (χ2n) is 2.48. The van der Waals surface area contributed by atoms with Gasteiger partial charge in [0, 0.05) is 13.0 Å². The van der Waals surface area contributed by atoms with Crippen molar-refractivity contribution in [2.75, 3.05) is 20.3 Å². The molecule has 1 aliphatic rings. The van der Waals surface area contributed by atoms with Crippen LogP contribution in [-0.2, 0) is 4.74 Å². The Morgan fingerprint density at radius 1 is 1.45 bits per heavy atom. The summed E-state index contributed by atoms with van der Waals surface area (Å²) in [6.45, 7) is 2.25. The van der Waals surface area contributed by atoms with Crippen LogP contribution in [0.5, 0.6) is 0 Å². The molecule has 11 heavy (non-hydrogen) atoms. The van der Waals surface area contributed by atoms with Crippen LogP contribution in [-0.4, -0.2) is 47.9 Å². The highest BCUT2D eigenvalue weighted by molar-refractivity contribution is 4.79. The highest BCUT2D eigenvalue weighted by Gasteiger charge is 2.31. The van der Waals surface area contributed by atoms with Gasteiger partial charge < -0.3 is 20.1 Å². The molecular weight excluding hydrogens is 148 g/mol. The van der Waals surface area contributed by atoms with Crippen LogP contribution in [0.15, 0.2) is 0 Å². The van der Waals surface area contributed by atoms with Crippen LogP contribution in [0.4, 0.5) is 0 Å². The summed E-state index contributed by atoms with van der Waals surface area (Å²) < 4.78 is 5.03. The molecule has 1 heterocycles. The van der Waals surface area contributed by atoms with Gasteiger partial charge in [0.15, 0.2) is 0 Å². The quantitative estimate of drug-likeness (QED) is 0.464. The smallest absolute Gasteiger partial charge is 0.0857 e. The molecule has 3 N–H and O–H groups in total. The van der Waals surface area contributed by atoms with Gasteiger partial charge in [-0.25, -0.2) is 0 Å². The molecule has 0 aromatic carbocycles. The molecule has 0 bridgehead atoms. The molecule has 0 aromatic rings. The third-order valence-corrected chi connectivity index (χ3v) is 1.85. The minimum Gasteiger partial charge on any atom is -0.400 e. The van der Waals surface area contributed by atoms with E-state index >= 15 is 0 Å². The molecule has 1 fully saturated rings. The van der Waals surface area contributed by atoms with Crippen LogP contribution in [0.2, 0.25) is 0 Å². The first-order chi connectivity index (χ1) is 5.25. The van der Waals surface area contributed by atoms with Gasteiger partial charge in [0.2, 0.25) is 0 Å². The van der Waals surface area contributed by atoms with Gasteiger partial charge in [-0.1, -0.05) is 6.92 Å². The lowest BCUT2D eigenvalue weighted by atomic mass is 10.0. The van der Waals surface area contributed by atoms with E-state index in [1.807, 2.05) is 6.92 Å². The summed E-state index contributed by atoms with van der Waals surface area (Å²) in [6, 6.07) is 0. The molecule has 0 aromatic heterocycles. The fraction of sp³-hybridized carbons (Fsp3) is 1.00. The zero-order valence-corrected chi connectivity index (χ0v) is 6.90. The van der Waals surface area contributed by atoms with Gasteiger partial charge in [0.1, 0.15) is 0 Å². The molecule has 68 valence electrons. The van der Waals surface area contributed by atoms with E-state index in [0.29, 0.717) is 6.61 Å². The maximum atomic E-state index is 9.06. The molecule has 1 unspecified atom stereocenters. The first-order valence-electron chi connectivity index (χ1n) is 3.61. The summed E-state index contributed by atoms with van der Waals surface area (Å²) in [5.74, 6) is 0.0787. The van der Waals surface area contributed by atoms with E-state index < -0.39 is 0 Å². The summed E-state index contributed by atoms with van der Waals surface area (Å²) in [6.07, 6.45) is -0.540. The van der Waals surface area contributed by atoms with Crippen molar-refractivity contribution in [3.63, 3.8) is 0 Å². The maximum absolute atomic E-state index is 9.06. The largest absolute Gasteiger partial charge is 0.400 e. The average Bonchev–Trinajstić information content (AvgIpc) is 2.37. The minimum absolute atomic E-state index is 0.0121. The number of rotatable bonds is 1. The molecule has 4 heteroatoms. The Labute approximate surface area is 66.4 Å². The normalized spacial score (nSPS) is 36.3. The summed E-state index contributed by atoms with van der Waals surface area (Å²) >= 11 is 0. The monoisotopic (exact) mass is 164 g/mol. The predicted octanol–water partition coefficient (Wildman–Crippen LogP) is -1.02. The summed E-state index contributed by atoms with van der Waals surface area (Å²) in [7, 11) is 1.00. The Balaban J connectivity index is 0.000000461. The highest BCUT2D eigenvalue weighted by Crippen LogP contribution is 2.19. The standard InChI is InChI=1S/C6H12O3.CH4O/c1-4-5(8)3-9-6(4)2-7;1-2/h4-8H,2-3H2,1H3;2H,1H3/t4-,5-,6?;/m1./s1. The van der Waals surface area contributed by atoms with Gasteiger partial charge in [-0.2, -0.15) is 0 Å². The molecule has 3 atom stereocenters. The van der Waals surface area contributed by atoms with Crippen molar-refractivity contribution < 1.29 is 20.1 Å². The van der Waals surface area contributed by atoms with E-state index in [-0.39, 0.29) is 24.7 Å². The summed E-state index contributed by atoms with van der Waals surface area (Å²) in [4.78, 5) is 0. The van der Waals surface area contributed by atoms with Crippen LogP contribution in [0.25, 0.3) is 0 Å². The fourth-order valence-corrected chi connectivity index (χ4v) is 0.992. The molecule has 4 nitrogen and oxygen atoms in total. The van der Waals surface area contributed by atoms with E-state index in [0.717, 1.165) is 7.11 Å². The first-order valence-corrected chi connectivity index (χ1v) is 3.61. The van der Waals surface area contributed by atoms with Crippen LogP contribution in [0.3, 0.4) is 0 Å². The van der Waals surface area contributed by atoms with E-state index in [9.17, 15) is 0 Å². The average molecular weight is 164 g/mol. The van der Waals surface area contributed by atoms with Crippen LogP contribution in [0.1, 0.15) is 6.92 Å². The van der Waals surface area contributed by atoms with E-state index in [4.69, 9.17) is 20.1 Å². The Morgan fingerprint density at radius 3 is 2.18 bits per heavy atom. The molecule has 0 saturated carbocycles. The SMILES string of the molecule is CO.C[C@H]1C(CO)OC[C@H]1O. The number of ether oxygens (including phenoxy) is 1. The van der Waals surface area contributed by atoms with Gasteiger partial charge in [-0.3, -0.25) is 0 Å². The molecule has 0 radical (unpaired) electrons. The second-order valence-corrected chi connectivity index (χ2v) is 2.48. The third-order valence-electron chi connectivity index (χ3n) is 1.85. The maximum Gasteiger partial charge on any atom is 0.0857 e. The van der Waals surface area contributed by atoms with Crippen molar-refractivity contribution in [1.29, 1.82) is 0 Å². The number of hydrogen-bond acceptors (Lipinski definition) is 4. The molecule has 1 aliphatic heterocycles. The lowest BCUT2D eigenvalue weighted by molar-refractivity contribution is 0.0422. The Bertz CT molecular complexity index is 96.4. The van der Waals surface area contributed by atoms with Crippen molar-refractivity contribution in [1.82, 2.24) is 0 Å². The summed E-state index contributed by atoms with van der Waals surface area (Å²) in [5, 5.41) is 24.7. The minimum atomic E-state index is -0.387. The van der Waals surface area contributed by atoms with Gasteiger partial charge in [0.25, 0.3) is 0 Å². The van der Waals surface area contributed by atoms with Crippen molar-refractivity contribution in [2.45, 2.75) is 19.1 Å². The molecule has 1 saturated heterocycles. The van der Waals surface area contributed by atoms with Crippen molar-refractivity contribution in [3.8, 4) is 0 Å². The molecule has 0 aliphatic carbocycles. The highest BCUT2D eigenvalue weighted by atomic mass is 16.5. The Hall–Kier alpha value is -0.160. The number of aliphatic hydroxyl groups is 3. The lowest BCUT2D eigenvalue weighted by Crippen LogP contribution is -2.23. The van der Waals surface area contributed by atoms with Gasteiger partial charge in [0.05, 0.1) is 25.4 Å². The molecule has 0 amide bonds. The third kappa shape index (κ3) is 2.75. The van der Waals surface area contributed by atoms with Gasteiger partial charge in [-0.15, -0.1) is 0 Å². The predicted molar refractivity (Wildman–Crippen MR) is 40.1 cm³/mol. The van der Waals surface area contributed by atoms with E-state index in [2.05, 4.69) is 0 Å². The molecule has 0 spiro atoms. The van der Waals surface area contributed by atoms with Crippen molar-refractivity contribution in [2.24, 2.45) is 5.92 Å². The van der Waals surface area contributed by atoms with Crippen LogP contribution in [0, 0.1) is 5.92 Å². The fourth-order valence-electron chi connectivity index (χ4n) is 0.992. The van der Waals surface area contributed by atoms with E-state index in [1.54, 1.807) is 0 Å². The van der Waals surface area contributed by atoms with Crippen LogP contribution < -0.4 is 0 Å². The number of aliphatic hydroxyl groups excluding tert-OH is 3. The molecule has 1 rings (SSSR count). The lowest BCUT2D eigenvalue weighted by Gasteiger charge is -2.11. The topological polar surface area (TPSA) is 69.9 Å². The Morgan fingerprint density at radius 2 is 2.00 bits per heavy atom. The van der Waals surface area contributed by atoms with Crippen molar-refractivity contribution >= 4 is 0 Å². The number of hydrogen-bond donors (Lipinski definition) is 3. The zero-order valence-electron chi connectivity index (χ0n) is 6.90. The second kappa shape index (κ2) is 5.49. The van der Waals surface area contributed by atoms with E-state index in [1.165, 1.54) is 0 Å². The van der Waals surface area contributed by atoms with Crippen molar-refractivity contribution in [3.05, 3.63) is 0 Å². The first kappa shape index (κ1) is 10.8. The van der Waals surface area contributed by atoms with Gasteiger partial charge >= 0.3 is 0 Å². The van der Waals surface area contributed by atoms with Crippen LogP contribution >= 0.6 is 0 Å². The zero-order chi connectivity index (χ0) is 8.85. The molecular formula is C7H16O4. The Kier molecular flexibility index (Phi) is 5.41. The summed E-state index contributed by atoms with van der Waals surface area (Å²) in [5.41, 5.74) is 0.